The lowest BCUT2D eigenvalue weighted by molar-refractivity contribution is -0.136. The minimum atomic E-state index is -0.943. The van der Waals surface area contributed by atoms with Gasteiger partial charge in [-0.1, -0.05) is 13.0 Å². The van der Waals surface area contributed by atoms with Crippen LogP contribution >= 0.6 is 0 Å². The van der Waals surface area contributed by atoms with Crippen LogP contribution < -0.4 is 0 Å². The molecule has 0 aromatic heterocycles. The third-order valence-electron chi connectivity index (χ3n) is 2.60. The third kappa shape index (κ3) is 2.49. The molecule has 0 bridgehead atoms. The topological polar surface area (TPSA) is 66.8 Å². The van der Waals surface area contributed by atoms with Crippen molar-refractivity contribution in [2.45, 2.75) is 25.8 Å². The fourth-order valence-electron chi connectivity index (χ4n) is 1.70. The van der Waals surface area contributed by atoms with E-state index >= 15 is 0 Å². The molecule has 0 unspecified atom stereocenters. The molecule has 5 heteroatoms. The highest BCUT2D eigenvalue weighted by molar-refractivity contribution is 5.89. The summed E-state index contributed by atoms with van der Waals surface area (Å²) < 4.78 is 4.61. The molecule has 1 aliphatic heterocycles. The maximum atomic E-state index is 11.2. The quantitative estimate of drug-likeness (QED) is 0.701. The van der Waals surface area contributed by atoms with E-state index in [9.17, 15) is 9.59 Å². The number of rotatable bonds is 2. The van der Waals surface area contributed by atoms with Crippen molar-refractivity contribution >= 4 is 12.1 Å². The van der Waals surface area contributed by atoms with Gasteiger partial charge in [0.2, 0.25) is 0 Å². The van der Waals surface area contributed by atoms with Gasteiger partial charge < -0.3 is 14.7 Å². The Bertz CT molecular complexity index is 298. The zero-order valence-electron chi connectivity index (χ0n) is 8.90. The van der Waals surface area contributed by atoms with Crippen LogP contribution in [0.15, 0.2) is 11.6 Å². The van der Waals surface area contributed by atoms with Crippen LogP contribution in [-0.2, 0) is 9.53 Å². The smallest absolute Gasteiger partial charge is 0.407 e. The number of hydrogen-bond donors (Lipinski definition) is 1. The van der Waals surface area contributed by atoms with Crippen LogP contribution in [0.25, 0.3) is 0 Å². The molecule has 1 atom stereocenters. The molecule has 1 aliphatic rings. The van der Waals surface area contributed by atoms with Crippen LogP contribution in [0.3, 0.4) is 0 Å². The van der Waals surface area contributed by atoms with Gasteiger partial charge in [-0.15, -0.1) is 0 Å². The van der Waals surface area contributed by atoms with Crippen LogP contribution in [-0.4, -0.2) is 41.8 Å². The fourth-order valence-corrected chi connectivity index (χ4v) is 1.70. The number of carboxylic acid groups (broad SMARTS) is 1. The second-order valence-corrected chi connectivity index (χ2v) is 3.42. The number of esters is 1. The van der Waals surface area contributed by atoms with E-state index < -0.39 is 6.09 Å². The Morgan fingerprint density at radius 3 is 2.80 bits per heavy atom. The molecule has 0 spiro atoms. The summed E-state index contributed by atoms with van der Waals surface area (Å²) in [5.74, 6) is -0.363. The van der Waals surface area contributed by atoms with Gasteiger partial charge in [0.25, 0.3) is 0 Å². The first-order valence-electron chi connectivity index (χ1n) is 4.87. The van der Waals surface area contributed by atoms with E-state index in [4.69, 9.17) is 5.11 Å². The number of carbonyl (C=O) groups excluding carboxylic acids is 1. The van der Waals surface area contributed by atoms with Gasteiger partial charge in [-0.2, -0.15) is 0 Å². The molecule has 0 aromatic carbocycles. The highest BCUT2D eigenvalue weighted by Crippen LogP contribution is 2.21. The lowest BCUT2D eigenvalue weighted by Crippen LogP contribution is -2.42. The molecule has 0 saturated heterocycles. The molecule has 15 heavy (non-hydrogen) atoms. The van der Waals surface area contributed by atoms with Crippen molar-refractivity contribution in [2.75, 3.05) is 13.7 Å². The second-order valence-electron chi connectivity index (χ2n) is 3.42. The first-order chi connectivity index (χ1) is 7.10. The van der Waals surface area contributed by atoms with Crippen LogP contribution in [0.4, 0.5) is 4.79 Å². The number of amides is 1. The second kappa shape index (κ2) is 4.82. The normalized spacial score (nSPS) is 20.8. The summed E-state index contributed by atoms with van der Waals surface area (Å²) in [5, 5.41) is 8.90. The van der Waals surface area contributed by atoms with Gasteiger partial charge in [0, 0.05) is 18.2 Å². The van der Waals surface area contributed by atoms with Gasteiger partial charge in [-0.05, 0) is 12.8 Å². The van der Waals surface area contributed by atoms with E-state index in [2.05, 4.69) is 4.74 Å². The first kappa shape index (κ1) is 11.6. The lowest BCUT2D eigenvalue weighted by atomic mass is 9.98. The van der Waals surface area contributed by atoms with Gasteiger partial charge in [0.1, 0.15) is 0 Å². The predicted molar refractivity (Wildman–Crippen MR) is 53.5 cm³/mol. The van der Waals surface area contributed by atoms with Crippen LogP contribution in [0.2, 0.25) is 0 Å². The lowest BCUT2D eigenvalue weighted by Gasteiger charge is -2.31. The molecule has 0 radical (unpaired) electrons. The van der Waals surface area contributed by atoms with Gasteiger partial charge in [0.15, 0.2) is 0 Å². The van der Waals surface area contributed by atoms with E-state index in [1.165, 1.54) is 12.0 Å². The maximum absolute atomic E-state index is 11.2. The van der Waals surface area contributed by atoms with Crippen molar-refractivity contribution in [1.29, 1.82) is 0 Å². The summed E-state index contributed by atoms with van der Waals surface area (Å²) >= 11 is 0. The average molecular weight is 213 g/mol. The van der Waals surface area contributed by atoms with E-state index in [0.29, 0.717) is 18.4 Å². The summed E-state index contributed by atoms with van der Waals surface area (Å²) in [6.07, 6.45) is 1.81. The van der Waals surface area contributed by atoms with Crippen molar-refractivity contribution < 1.29 is 19.4 Å². The summed E-state index contributed by atoms with van der Waals surface area (Å²) in [6, 6.07) is -0.124. The Kier molecular flexibility index (Phi) is 3.71. The standard InChI is InChI=1S/C10H15NO4/c1-3-8-6-7(9(12)15-2)4-5-11(8)10(13)14/h4,8H,3,5-6H2,1-2H3,(H,13,14)/t8-/m1/s1. The van der Waals surface area contributed by atoms with Crippen molar-refractivity contribution in [3.8, 4) is 0 Å². The zero-order valence-corrected chi connectivity index (χ0v) is 8.90. The van der Waals surface area contributed by atoms with Crippen molar-refractivity contribution in [3.05, 3.63) is 11.6 Å². The van der Waals surface area contributed by atoms with E-state index in [0.717, 1.165) is 0 Å². The molecule has 1 amide bonds. The SMILES string of the molecule is CC[C@@H]1CC(C(=O)OC)=CCN1C(=O)O. The zero-order chi connectivity index (χ0) is 11.4. The molecule has 0 aliphatic carbocycles. The monoisotopic (exact) mass is 213 g/mol. The number of carbonyl (C=O) groups is 2. The Morgan fingerprint density at radius 2 is 2.33 bits per heavy atom. The maximum Gasteiger partial charge on any atom is 0.407 e. The van der Waals surface area contributed by atoms with E-state index in [1.54, 1.807) is 6.08 Å². The number of methoxy groups -OCH3 is 1. The third-order valence-corrected chi connectivity index (χ3v) is 2.60. The minimum absolute atomic E-state index is 0.124. The van der Waals surface area contributed by atoms with Crippen LogP contribution in [0, 0.1) is 0 Å². The molecule has 1 heterocycles. The summed E-state index contributed by atoms with van der Waals surface area (Å²) in [4.78, 5) is 23.4. The number of hydrogen-bond acceptors (Lipinski definition) is 3. The highest BCUT2D eigenvalue weighted by Gasteiger charge is 2.28. The molecular weight excluding hydrogens is 198 g/mol. The van der Waals surface area contributed by atoms with Crippen LogP contribution in [0.1, 0.15) is 19.8 Å². The van der Waals surface area contributed by atoms with E-state index in [1.807, 2.05) is 6.92 Å². The molecule has 1 N–H and O–H groups in total. The summed E-state index contributed by atoms with van der Waals surface area (Å²) in [6.45, 7) is 2.17. The average Bonchev–Trinajstić information content (AvgIpc) is 2.26. The molecule has 0 aromatic rings. The number of ether oxygens (including phenoxy) is 1. The van der Waals surface area contributed by atoms with Crippen molar-refractivity contribution in [1.82, 2.24) is 4.90 Å². The highest BCUT2D eigenvalue weighted by atomic mass is 16.5. The summed E-state index contributed by atoms with van der Waals surface area (Å²) in [7, 11) is 1.33. The van der Waals surface area contributed by atoms with Crippen molar-refractivity contribution in [2.24, 2.45) is 0 Å². The molecule has 0 saturated carbocycles. The van der Waals surface area contributed by atoms with E-state index in [-0.39, 0.29) is 18.6 Å². The van der Waals surface area contributed by atoms with Gasteiger partial charge in [-0.3, -0.25) is 0 Å². The Labute approximate surface area is 88.3 Å². The Hall–Kier alpha value is -1.52. The molecule has 5 nitrogen and oxygen atoms in total. The molecule has 0 fully saturated rings. The van der Waals surface area contributed by atoms with Gasteiger partial charge >= 0.3 is 12.1 Å². The van der Waals surface area contributed by atoms with Gasteiger partial charge in [-0.25, -0.2) is 9.59 Å². The Morgan fingerprint density at radius 1 is 1.67 bits per heavy atom. The largest absolute Gasteiger partial charge is 0.466 e. The molecular formula is C10H15NO4. The van der Waals surface area contributed by atoms with Crippen molar-refractivity contribution in [3.63, 3.8) is 0 Å². The fraction of sp³-hybridized carbons (Fsp3) is 0.600. The molecule has 1 rings (SSSR count). The number of nitrogens with zero attached hydrogens (tertiary/aromatic N) is 1. The minimum Gasteiger partial charge on any atom is -0.466 e. The van der Waals surface area contributed by atoms with Crippen LogP contribution in [0.5, 0.6) is 0 Å². The Balaban J connectivity index is 2.77. The predicted octanol–water partition coefficient (Wildman–Crippen LogP) is 1.25. The van der Waals surface area contributed by atoms with Gasteiger partial charge in [0.05, 0.1) is 7.11 Å². The molecule has 84 valence electrons. The first-order valence-corrected chi connectivity index (χ1v) is 4.87. The summed E-state index contributed by atoms with van der Waals surface area (Å²) in [5.41, 5.74) is 0.571.